The number of rotatable bonds is 2. The Hall–Kier alpha value is -3.02. The fraction of sp³-hybridized carbons (Fsp3) is 0.222. The lowest BCUT2D eigenvalue weighted by atomic mass is 10.0. The van der Waals surface area contributed by atoms with Crippen molar-refractivity contribution in [2.75, 3.05) is 11.4 Å². The first-order valence-electron chi connectivity index (χ1n) is 7.98. The van der Waals surface area contributed by atoms with E-state index in [0.29, 0.717) is 18.1 Å². The molecular weight excluding hydrogens is 302 g/mol. The predicted molar refractivity (Wildman–Crippen MR) is 90.3 cm³/mol. The number of aromatic nitrogens is 4. The summed E-state index contributed by atoms with van der Waals surface area (Å²) in [6, 6.07) is 11.6. The number of carbonyl (C=O) groups is 1. The highest BCUT2D eigenvalue weighted by atomic mass is 16.2. The zero-order chi connectivity index (χ0) is 16.5. The van der Waals surface area contributed by atoms with E-state index in [-0.39, 0.29) is 5.91 Å². The van der Waals surface area contributed by atoms with Crippen molar-refractivity contribution in [3.8, 4) is 5.82 Å². The SMILES string of the molecule is Cc1nccn1-c1ccc(C(=O)N2CCCc3ccccc32)nn1. The van der Waals surface area contributed by atoms with Crippen LogP contribution in [-0.2, 0) is 6.42 Å². The van der Waals surface area contributed by atoms with Crippen molar-refractivity contribution in [2.24, 2.45) is 0 Å². The molecule has 4 rings (SSSR count). The van der Waals surface area contributed by atoms with Gasteiger partial charge in [-0.25, -0.2) is 4.98 Å². The molecule has 3 heterocycles. The fourth-order valence-electron chi connectivity index (χ4n) is 3.07. The quantitative estimate of drug-likeness (QED) is 0.728. The van der Waals surface area contributed by atoms with Crippen molar-refractivity contribution in [3.63, 3.8) is 0 Å². The molecular formula is C18H17N5O. The van der Waals surface area contributed by atoms with Gasteiger partial charge >= 0.3 is 0 Å². The molecule has 1 aliphatic heterocycles. The highest BCUT2D eigenvalue weighted by Gasteiger charge is 2.24. The average Bonchev–Trinajstić information content (AvgIpc) is 3.07. The van der Waals surface area contributed by atoms with E-state index in [1.807, 2.05) is 35.9 Å². The fourth-order valence-corrected chi connectivity index (χ4v) is 3.07. The average molecular weight is 319 g/mol. The second-order valence-corrected chi connectivity index (χ2v) is 5.81. The van der Waals surface area contributed by atoms with Crippen LogP contribution in [0.4, 0.5) is 5.69 Å². The van der Waals surface area contributed by atoms with Crippen molar-refractivity contribution in [1.29, 1.82) is 0 Å². The van der Waals surface area contributed by atoms with Crippen LogP contribution < -0.4 is 4.90 Å². The van der Waals surface area contributed by atoms with Crippen LogP contribution in [0.2, 0.25) is 0 Å². The van der Waals surface area contributed by atoms with Gasteiger partial charge in [0.25, 0.3) is 5.91 Å². The van der Waals surface area contributed by atoms with Gasteiger partial charge in [0.2, 0.25) is 0 Å². The van der Waals surface area contributed by atoms with Crippen LogP contribution in [0.5, 0.6) is 0 Å². The minimum Gasteiger partial charge on any atom is -0.307 e. The number of benzene rings is 1. The maximum Gasteiger partial charge on any atom is 0.278 e. The Labute approximate surface area is 139 Å². The van der Waals surface area contributed by atoms with Crippen LogP contribution >= 0.6 is 0 Å². The first kappa shape index (κ1) is 14.6. The molecule has 0 radical (unpaired) electrons. The molecule has 3 aromatic rings. The summed E-state index contributed by atoms with van der Waals surface area (Å²) in [5.74, 6) is 1.37. The van der Waals surface area contributed by atoms with Gasteiger partial charge in [-0.3, -0.25) is 9.36 Å². The van der Waals surface area contributed by atoms with Gasteiger partial charge in [-0.05, 0) is 43.5 Å². The van der Waals surface area contributed by atoms with Crippen molar-refractivity contribution >= 4 is 11.6 Å². The minimum absolute atomic E-state index is 0.108. The standard InChI is InChI=1S/C18H17N5O/c1-13-19-10-12-22(13)17-9-8-15(20-21-17)18(24)23-11-4-6-14-5-2-3-7-16(14)23/h2-3,5,7-10,12H,4,6,11H2,1H3. The summed E-state index contributed by atoms with van der Waals surface area (Å²) in [4.78, 5) is 18.8. The third-order valence-corrected chi connectivity index (χ3v) is 4.30. The van der Waals surface area contributed by atoms with Crippen LogP contribution in [0.15, 0.2) is 48.8 Å². The monoisotopic (exact) mass is 319 g/mol. The van der Waals surface area contributed by atoms with Gasteiger partial charge in [0.15, 0.2) is 11.5 Å². The summed E-state index contributed by atoms with van der Waals surface area (Å²) in [5.41, 5.74) is 2.54. The molecule has 2 aromatic heterocycles. The molecule has 120 valence electrons. The van der Waals surface area contributed by atoms with Crippen LogP contribution in [0, 0.1) is 6.92 Å². The Balaban J connectivity index is 1.63. The second-order valence-electron chi connectivity index (χ2n) is 5.81. The van der Waals surface area contributed by atoms with E-state index < -0.39 is 0 Å². The summed E-state index contributed by atoms with van der Waals surface area (Å²) < 4.78 is 1.83. The third kappa shape index (κ3) is 2.46. The molecule has 6 nitrogen and oxygen atoms in total. The highest BCUT2D eigenvalue weighted by molar-refractivity contribution is 6.05. The number of para-hydroxylation sites is 1. The topological polar surface area (TPSA) is 63.9 Å². The summed E-state index contributed by atoms with van der Waals surface area (Å²) in [7, 11) is 0. The van der Waals surface area contributed by atoms with E-state index in [9.17, 15) is 4.79 Å². The molecule has 24 heavy (non-hydrogen) atoms. The van der Waals surface area contributed by atoms with Gasteiger partial charge in [0.05, 0.1) is 0 Å². The van der Waals surface area contributed by atoms with Crippen molar-refractivity contribution in [3.05, 3.63) is 65.9 Å². The Morgan fingerprint density at radius 1 is 1.12 bits per heavy atom. The number of fused-ring (bicyclic) bond motifs is 1. The van der Waals surface area contributed by atoms with Crippen LogP contribution in [0.3, 0.4) is 0 Å². The molecule has 0 bridgehead atoms. The lowest BCUT2D eigenvalue weighted by Gasteiger charge is -2.29. The van der Waals surface area contributed by atoms with Crippen molar-refractivity contribution < 1.29 is 4.79 Å². The molecule has 0 saturated heterocycles. The van der Waals surface area contributed by atoms with Crippen LogP contribution in [-0.4, -0.2) is 32.2 Å². The predicted octanol–water partition coefficient (Wildman–Crippen LogP) is 2.56. The Morgan fingerprint density at radius 2 is 2.00 bits per heavy atom. The Kier molecular flexibility index (Phi) is 3.57. The molecule has 0 spiro atoms. The molecule has 0 atom stereocenters. The number of anilines is 1. The lowest BCUT2D eigenvalue weighted by molar-refractivity contribution is 0.0979. The molecule has 0 aliphatic carbocycles. The van der Waals surface area contributed by atoms with Gasteiger partial charge in [-0.15, -0.1) is 10.2 Å². The van der Waals surface area contributed by atoms with E-state index in [1.165, 1.54) is 5.56 Å². The molecule has 6 heteroatoms. The zero-order valence-electron chi connectivity index (χ0n) is 13.4. The summed E-state index contributed by atoms with van der Waals surface area (Å²) in [5, 5.41) is 8.31. The van der Waals surface area contributed by atoms with Gasteiger partial charge in [0, 0.05) is 24.6 Å². The lowest BCUT2D eigenvalue weighted by Crippen LogP contribution is -2.36. The van der Waals surface area contributed by atoms with Gasteiger partial charge in [-0.1, -0.05) is 18.2 Å². The van der Waals surface area contributed by atoms with E-state index >= 15 is 0 Å². The largest absolute Gasteiger partial charge is 0.307 e. The number of hydrogen-bond acceptors (Lipinski definition) is 4. The first-order chi connectivity index (χ1) is 11.7. The second kappa shape index (κ2) is 5.88. The van der Waals surface area contributed by atoms with Crippen molar-refractivity contribution in [2.45, 2.75) is 19.8 Å². The molecule has 0 fully saturated rings. The van der Waals surface area contributed by atoms with E-state index in [4.69, 9.17) is 0 Å². The van der Waals surface area contributed by atoms with E-state index in [0.717, 1.165) is 24.4 Å². The normalized spacial score (nSPS) is 13.6. The number of amides is 1. The number of aryl methyl sites for hydroxylation is 2. The maximum atomic E-state index is 12.8. The number of nitrogens with zero attached hydrogens (tertiary/aromatic N) is 5. The Bertz CT molecular complexity index is 884. The highest BCUT2D eigenvalue weighted by Crippen LogP contribution is 2.27. The molecule has 1 aliphatic rings. The molecule has 0 saturated carbocycles. The summed E-state index contributed by atoms with van der Waals surface area (Å²) in [6.45, 7) is 2.60. The molecule has 0 N–H and O–H groups in total. The van der Waals surface area contributed by atoms with Crippen LogP contribution in [0.1, 0.15) is 28.3 Å². The van der Waals surface area contributed by atoms with E-state index in [1.54, 1.807) is 23.2 Å². The van der Waals surface area contributed by atoms with Gasteiger partial charge in [-0.2, -0.15) is 0 Å². The smallest absolute Gasteiger partial charge is 0.278 e. The zero-order valence-corrected chi connectivity index (χ0v) is 13.4. The maximum absolute atomic E-state index is 12.8. The van der Waals surface area contributed by atoms with Gasteiger partial charge < -0.3 is 4.90 Å². The van der Waals surface area contributed by atoms with Crippen LogP contribution in [0.25, 0.3) is 5.82 Å². The molecule has 0 unspecified atom stereocenters. The minimum atomic E-state index is -0.108. The Morgan fingerprint density at radius 3 is 2.75 bits per heavy atom. The number of carbonyl (C=O) groups excluding carboxylic acids is 1. The number of hydrogen-bond donors (Lipinski definition) is 0. The molecule has 1 aromatic carbocycles. The summed E-state index contributed by atoms with van der Waals surface area (Å²) in [6.07, 6.45) is 5.50. The van der Waals surface area contributed by atoms with Gasteiger partial charge in [0.1, 0.15) is 5.82 Å². The first-order valence-corrected chi connectivity index (χ1v) is 7.98. The van der Waals surface area contributed by atoms with Crippen molar-refractivity contribution in [1.82, 2.24) is 19.7 Å². The number of imidazole rings is 1. The van der Waals surface area contributed by atoms with E-state index in [2.05, 4.69) is 21.2 Å². The summed E-state index contributed by atoms with van der Waals surface area (Å²) >= 11 is 0. The third-order valence-electron chi connectivity index (χ3n) is 4.30. The molecule has 1 amide bonds.